The highest BCUT2D eigenvalue weighted by atomic mass is 35.5. The lowest BCUT2D eigenvalue weighted by Crippen LogP contribution is -2.32. The van der Waals surface area contributed by atoms with Crippen molar-refractivity contribution in [2.45, 2.75) is 45.6 Å². The second kappa shape index (κ2) is 9.61. The normalized spacial score (nSPS) is 12.7. The molecule has 0 bridgehead atoms. The number of benzene rings is 2. The first-order valence-corrected chi connectivity index (χ1v) is 11.3. The zero-order valence-corrected chi connectivity index (χ0v) is 18.9. The minimum atomic E-state index is -3.63. The van der Waals surface area contributed by atoms with Crippen LogP contribution in [0.4, 0.5) is 5.69 Å². The maximum atomic E-state index is 12.9. The second-order valence-corrected chi connectivity index (χ2v) is 9.08. The molecule has 2 aromatic rings. The first-order chi connectivity index (χ1) is 13.6. The number of nitrogens with zero attached hydrogens (tertiary/aromatic N) is 1. The summed E-state index contributed by atoms with van der Waals surface area (Å²) in [5.74, 6) is 0.141. The van der Waals surface area contributed by atoms with Crippen molar-refractivity contribution < 1.29 is 17.9 Å². The van der Waals surface area contributed by atoms with E-state index >= 15 is 0 Å². The topological polar surface area (TPSA) is 75.7 Å². The largest absolute Gasteiger partial charge is 0.481 e. The first kappa shape index (κ1) is 23.2. The molecule has 1 atom stereocenters. The van der Waals surface area contributed by atoms with Crippen LogP contribution in [0.25, 0.3) is 0 Å². The van der Waals surface area contributed by atoms with E-state index in [2.05, 4.69) is 5.32 Å². The Labute approximate surface area is 177 Å². The lowest BCUT2D eigenvalue weighted by Gasteiger charge is -2.21. The molecule has 1 N–H and O–H groups in total. The van der Waals surface area contributed by atoms with E-state index in [4.69, 9.17) is 16.3 Å². The summed E-state index contributed by atoms with van der Waals surface area (Å²) < 4.78 is 32.8. The fraction of sp³-hybridized carbons (Fsp3) is 0.381. The molecule has 158 valence electrons. The number of carbonyl (C=O) groups is 1. The number of nitrogens with one attached hydrogen (secondary N) is 1. The minimum absolute atomic E-state index is 0.158. The van der Waals surface area contributed by atoms with Gasteiger partial charge in [0.25, 0.3) is 5.91 Å². The zero-order chi connectivity index (χ0) is 21.8. The van der Waals surface area contributed by atoms with Gasteiger partial charge in [-0.05, 0) is 68.3 Å². The summed E-state index contributed by atoms with van der Waals surface area (Å²) in [5.41, 5.74) is 2.03. The van der Waals surface area contributed by atoms with E-state index in [9.17, 15) is 13.2 Å². The van der Waals surface area contributed by atoms with Crippen LogP contribution in [0.15, 0.2) is 41.3 Å². The third-order valence-electron chi connectivity index (χ3n) is 4.74. The summed E-state index contributed by atoms with van der Waals surface area (Å²) in [6.07, 6.45) is -0.779. The van der Waals surface area contributed by atoms with E-state index in [1.807, 2.05) is 13.8 Å². The number of ether oxygens (including phenoxy) is 1. The van der Waals surface area contributed by atoms with Crippen LogP contribution in [0.3, 0.4) is 0 Å². The second-order valence-electron chi connectivity index (χ2n) is 6.71. The summed E-state index contributed by atoms with van der Waals surface area (Å²) in [4.78, 5) is 12.8. The molecule has 2 aromatic carbocycles. The molecular formula is C21H27ClN2O4S. The predicted octanol–water partition coefficient (Wildman–Crippen LogP) is 4.39. The smallest absolute Gasteiger partial charge is 0.265 e. The van der Waals surface area contributed by atoms with E-state index in [0.717, 1.165) is 11.1 Å². The van der Waals surface area contributed by atoms with Crippen LogP contribution in [0.5, 0.6) is 5.75 Å². The molecule has 0 aliphatic heterocycles. The summed E-state index contributed by atoms with van der Waals surface area (Å²) in [5, 5.41) is 3.37. The Morgan fingerprint density at radius 1 is 1.14 bits per heavy atom. The monoisotopic (exact) mass is 438 g/mol. The Hall–Kier alpha value is -2.09. The van der Waals surface area contributed by atoms with Crippen LogP contribution in [0.2, 0.25) is 5.02 Å². The highest BCUT2D eigenvalue weighted by Gasteiger charge is 2.24. The van der Waals surface area contributed by atoms with Gasteiger partial charge in [0.2, 0.25) is 10.0 Å². The van der Waals surface area contributed by atoms with E-state index in [1.54, 1.807) is 51.1 Å². The van der Waals surface area contributed by atoms with Gasteiger partial charge in [0.15, 0.2) is 6.10 Å². The van der Waals surface area contributed by atoms with Crippen molar-refractivity contribution in [3.63, 3.8) is 0 Å². The third-order valence-corrected chi connectivity index (χ3v) is 7.02. The molecule has 29 heavy (non-hydrogen) atoms. The summed E-state index contributed by atoms with van der Waals surface area (Å²) in [6.45, 7) is 9.62. The number of aryl methyl sites for hydroxylation is 1. The molecule has 8 heteroatoms. The number of halogens is 1. The van der Waals surface area contributed by atoms with E-state index in [1.165, 1.54) is 10.4 Å². The number of carbonyl (C=O) groups excluding carboxylic acids is 1. The minimum Gasteiger partial charge on any atom is -0.481 e. The molecule has 0 saturated carbocycles. The first-order valence-electron chi connectivity index (χ1n) is 9.44. The Morgan fingerprint density at radius 2 is 1.72 bits per heavy atom. The van der Waals surface area contributed by atoms with Gasteiger partial charge in [-0.1, -0.05) is 25.4 Å². The van der Waals surface area contributed by atoms with Gasteiger partial charge in [0, 0.05) is 23.8 Å². The number of anilines is 1. The van der Waals surface area contributed by atoms with Gasteiger partial charge in [-0.2, -0.15) is 4.31 Å². The summed E-state index contributed by atoms with van der Waals surface area (Å²) in [6, 6.07) is 9.85. The Bertz CT molecular complexity index is 971. The molecular weight excluding hydrogens is 412 g/mol. The number of sulfonamides is 1. The van der Waals surface area contributed by atoms with Gasteiger partial charge >= 0.3 is 0 Å². The van der Waals surface area contributed by atoms with Crippen LogP contribution in [0, 0.1) is 13.8 Å². The van der Waals surface area contributed by atoms with Gasteiger partial charge in [0.1, 0.15) is 5.75 Å². The maximum absolute atomic E-state index is 12.9. The SMILES string of the molecule is CCN(CC)S(=O)(=O)c1cc(C)c(C)c(NC(=O)C(C)Oc2ccc(Cl)cc2)c1. The predicted molar refractivity (Wildman–Crippen MR) is 116 cm³/mol. The van der Waals surface area contributed by atoms with Crippen molar-refractivity contribution in [2.75, 3.05) is 18.4 Å². The lowest BCUT2D eigenvalue weighted by molar-refractivity contribution is -0.122. The zero-order valence-electron chi connectivity index (χ0n) is 17.3. The summed E-state index contributed by atoms with van der Waals surface area (Å²) in [7, 11) is -3.63. The highest BCUT2D eigenvalue weighted by molar-refractivity contribution is 7.89. The molecule has 0 saturated heterocycles. The average molecular weight is 439 g/mol. The fourth-order valence-corrected chi connectivity index (χ4v) is 4.52. The number of amides is 1. The van der Waals surface area contributed by atoms with Crippen LogP contribution < -0.4 is 10.1 Å². The molecule has 0 aromatic heterocycles. The van der Waals surface area contributed by atoms with Crippen LogP contribution in [0.1, 0.15) is 31.9 Å². The molecule has 2 rings (SSSR count). The lowest BCUT2D eigenvalue weighted by atomic mass is 10.1. The molecule has 0 aliphatic rings. The third kappa shape index (κ3) is 5.50. The van der Waals surface area contributed by atoms with Crippen molar-refractivity contribution in [3.8, 4) is 5.75 Å². The van der Waals surface area contributed by atoms with Crippen LogP contribution in [-0.2, 0) is 14.8 Å². The van der Waals surface area contributed by atoms with Crippen molar-refractivity contribution in [3.05, 3.63) is 52.5 Å². The van der Waals surface area contributed by atoms with Crippen molar-refractivity contribution in [2.24, 2.45) is 0 Å². The van der Waals surface area contributed by atoms with Crippen molar-refractivity contribution in [1.82, 2.24) is 4.31 Å². The quantitative estimate of drug-likeness (QED) is 0.663. The van der Waals surface area contributed by atoms with E-state index in [-0.39, 0.29) is 10.8 Å². The molecule has 1 amide bonds. The Kier molecular flexibility index (Phi) is 7.68. The van der Waals surface area contributed by atoms with Crippen molar-refractivity contribution >= 4 is 33.2 Å². The molecule has 0 aliphatic carbocycles. The Morgan fingerprint density at radius 3 is 2.28 bits per heavy atom. The average Bonchev–Trinajstić information content (AvgIpc) is 2.67. The van der Waals surface area contributed by atoms with Crippen molar-refractivity contribution in [1.29, 1.82) is 0 Å². The molecule has 0 spiro atoms. The van der Waals surface area contributed by atoms with Gasteiger partial charge in [-0.3, -0.25) is 4.79 Å². The van der Waals surface area contributed by atoms with Crippen LogP contribution >= 0.6 is 11.6 Å². The van der Waals surface area contributed by atoms with Gasteiger partial charge in [-0.15, -0.1) is 0 Å². The van der Waals surface area contributed by atoms with Gasteiger partial charge in [-0.25, -0.2) is 8.42 Å². The standard InChI is InChI=1S/C21H27ClN2O4S/c1-6-24(7-2)29(26,27)19-12-14(3)15(4)20(13-19)23-21(25)16(5)28-18-10-8-17(22)9-11-18/h8-13,16H,6-7H2,1-5H3,(H,23,25). The van der Waals surface area contributed by atoms with E-state index < -0.39 is 16.1 Å². The molecule has 0 heterocycles. The fourth-order valence-electron chi connectivity index (χ4n) is 2.82. The summed E-state index contributed by atoms with van der Waals surface area (Å²) >= 11 is 5.86. The number of rotatable bonds is 8. The molecule has 1 unspecified atom stereocenters. The highest BCUT2D eigenvalue weighted by Crippen LogP contribution is 2.27. The Balaban J connectivity index is 2.26. The number of hydrogen-bond acceptors (Lipinski definition) is 4. The number of hydrogen-bond donors (Lipinski definition) is 1. The van der Waals surface area contributed by atoms with Gasteiger partial charge in [0.05, 0.1) is 4.90 Å². The van der Waals surface area contributed by atoms with Gasteiger partial charge < -0.3 is 10.1 Å². The van der Waals surface area contributed by atoms with Crippen LogP contribution in [-0.4, -0.2) is 37.8 Å². The molecule has 0 radical (unpaired) electrons. The molecule has 0 fully saturated rings. The maximum Gasteiger partial charge on any atom is 0.265 e. The molecule has 6 nitrogen and oxygen atoms in total. The van der Waals surface area contributed by atoms with E-state index in [0.29, 0.717) is 29.5 Å².